The highest BCUT2D eigenvalue weighted by Gasteiger charge is 2.49. The quantitative estimate of drug-likeness (QED) is 0.773. The first-order valence-corrected chi connectivity index (χ1v) is 12.3. The van der Waals surface area contributed by atoms with E-state index in [1.54, 1.807) is 23.5 Å². The molecule has 28 heavy (non-hydrogen) atoms. The van der Waals surface area contributed by atoms with Crippen LogP contribution in [-0.2, 0) is 10.0 Å². The Balaban J connectivity index is 1.41. The van der Waals surface area contributed by atoms with Crippen LogP contribution in [0.3, 0.4) is 0 Å². The van der Waals surface area contributed by atoms with Crippen LogP contribution in [0, 0.1) is 24.7 Å². The zero-order valence-electron chi connectivity index (χ0n) is 17.0. The summed E-state index contributed by atoms with van der Waals surface area (Å²) in [7, 11) is -1.99. The van der Waals surface area contributed by atoms with Crippen LogP contribution in [0.4, 0.5) is 0 Å². The van der Waals surface area contributed by atoms with Crippen LogP contribution < -0.4 is 4.74 Å². The van der Waals surface area contributed by atoms with Gasteiger partial charge in [0.2, 0.25) is 10.0 Å². The highest BCUT2D eigenvalue weighted by Crippen LogP contribution is 2.47. The van der Waals surface area contributed by atoms with Gasteiger partial charge in [0.1, 0.15) is 10.6 Å². The summed E-state index contributed by atoms with van der Waals surface area (Å²) in [5.74, 6) is 2.30. The summed E-state index contributed by atoms with van der Waals surface area (Å²) in [6.07, 6.45) is 7.89. The molecule has 5 nitrogen and oxygen atoms in total. The Labute approximate surface area is 169 Å². The second kappa shape index (κ2) is 6.99. The highest BCUT2D eigenvalue weighted by molar-refractivity contribution is 7.89. The SMILES string of the molecule is COc1ccc(C)cc1S(=O)(=O)N1C[C@@H]2C[C@H](C1)[C@@H]1CCC[C@H](C3CC3)N1C2. The van der Waals surface area contributed by atoms with E-state index in [0.29, 0.717) is 41.6 Å². The largest absolute Gasteiger partial charge is 0.495 e. The summed E-state index contributed by atoms with van der Waals surface area (Å²) < 4.78 is 34.2. The van der Waals surface area contributed by atoms with Crippen LogP contribution in [0.25, 0.3) is 0 Å². The number of fused-ring (bicyclic) bond motifs is 4. The molecule has 0 radical (unpaired) electrons. The lowest BCUT2D eigenvalue weighted by molar-refractivity contribution is -0.0462. The van der Waals surface area contributed by atoms with Crippen molar-refractivity contribution in [1.29, 1.82) is 0 Å². The maximum atomic E-state index is 13.5. The van der Waals surface area contributed by atoms with E-state index >= 15 is 0 Å². The molecule has 1 saturated carbocycles. The van der Waals surface area contributed by atoms with Gasteiger partial charge in [-0.25, -0.2) is 8.42 Å². The van der Waals surface area contributed by atoms with Crippen LogP contribution >= 0.6 is 0 Å². The van der Waals surface area contributed by atoms with E-state index in [2.05, 4.69) is 4.90 Å². The fraction of sp³-hybridized carbons (Fsp3) is 0.727. The number of nitrogens with zero attached hydrogens (tertiary/aromatic N) is 2. The Morgan fingerprint density at radius 2 is 1.75 bits per heavy atom. The maximum absolute atomic E-state index is 13.5. The Morgan fingerprint density at radius 1 is 1.00 bits per heavy atom. The van der Waals surface area contributed by atoms with E-state index in [-0.39, 0.29) is 0 Å². The summed E-state index contributed by atoms with van der Waals surface area (Å²) in [6, 6.07) is 6.78. The first-order valence-electron chi connectivity index (χ1n) is 10.9. The lowest BCUT2D eigenvalue weighted by Crippen LogP contribution is -2.62. The van der Waals surface area contributed by atoms with Crippen LogP contribution in [0.1, 0.15) is 44.1 Å². The summed E-state index contributed by atoms with van der Waals surface area (Å²) in [6.45, 7) is 4.33. The first kappa shape index (κ1) is 18.9. The van der Waals surface area contributed by atoms with E-state index < -0.39 is 10.0 Å². The topological polar surface area (TPSA) is 49.9 Å². The molecule has 0 spiro atoms. The number of rotatable bonds is 4. The molecule has 0 amide bonds. The maximum Gasteiger partial charge on any atom is 0.246 e. The van der Waals surface area contributed by atoms with Crippen LogP contribution in [0.5, 0.6) is 5.75 Å². The average Bonchev–Trinajstić information content (AvgIpc) is 3.52. The van der Waals surface area contributed by atoms with Crippen LogP contribution in [0.15, 0.2) is 23.1 Å². The normalized spacial score (nSPS) is 34.1. The molecule has 2 bridgehead atoms. The number of aryl methyl sites for hydroxylation is 1. The molecule has 3 saturated heterocycles. The Hall–Kier alpha value is -1.11. The zero-order valence-corrected chi connectivity index (χ0v) is 17.8. The Morgan fingerprint density at radius 3 is 2.46 bits per heavy atom. The molecule has 1 aromatic rings. The smallest absolute Gasteiger partial charge is 0.246 e. The van der Waals surface area contributed by atoms with Gasteiger partial charge in [-0.1, -0.05) is 12.5 Å². The molecule has 3 aliphatic heterocycles. The summed E-state index contributed by atoms with van der Waals surface area (Å²) >= 11 is 0. The molecule has 4 aliphatic rings. The van der Waals surface area contributed by atoms with Crippen LogP contribution in [-0.4, -0.2) is 56.5 Å². The average molecular weight is 405 g/mol. The number of benzene rings is 1. The van der Waals surface area contributed by atoms with Gasteiger partial charge < -0.3 is 4.74 Å². The van der Waals surface area contributed by atoms with Crippen molar-refractivity contribution in [2.45, 2.75) is 62.4 Å². The van der Waals surface area contributed by atoms with Gasteiger partial charge in [0.05, 0.1) is 7.11 Å². The minimum absolute atomic E-state index is 0.325. The lowest BCUT2D eigenvalue weighted by Gasteiger charge is -2.55. The molecule has 1 aromatic carbocycles. The molecule has 0 unspecified atom stereocenters. The lowest BCUT2D eigenvalue weighted by atomic mass is 9.74. The Kier molecular flexibility index (Phi) is 4.72. The van der Waals surface area contributed by atoms with Gasteiger partial charge in [0.15, 0.2) is 0 Å². The molecular weight excluding hydrogens is 372 g/mol. The summed E-state index contributed by atoms with van der Waals surface area (Å²) in [5, 5.41) is 0. The van der Waals surface area contributed by atoms with E-state index in [4.69, 9.17) is 4.74 Å². The van der Waals surface area contributed by atoms with Gasteiger partial charge >= 0.3 is 0 Å². The first-order chi connectivity index (χ1) is 13.5. The number of methoxy groups -OCH3 is 1. The van der Waals surface area contributed by atoms with Crippen molar-refractivity contribution >= 4 is 10.0 Å². The van der Waals surface area contributed by atoms with Crippen molar-refractivity contribution in [3.05, 3.63) is 23.8 Å². The van der Waals surface area contributed by atoms with Crippen molar-refractivity contribution in [3.63, 3.8) is 0 Å². The molecule has 0 aromatic heterocycles. The van der Waals surface area contributed by atoms with E-state index in [0.717, 1.165) is 24.1 Å². The van der Waals surface area contributed by atoms with Gasteiger partial charge in [-0.05, 0) is 74.5 Å². The Bertz CT molecular complexity index is 851. The van der Waals surface area contributed by atoms with Crippen molar-refractivity contribution in [3.8, 4) is 5.75 Å². The number of piperidine rings is 3. The van der Waals surface area contributed by atoms with Gasteiger partial charge in [-0.15, -0.1) is 0 Å². The molecule has 0 N–H and O–H groups in total. The summed E-state index contributed by atoms with van der Waals surface area (Å²) in [4.78, 5) is 3.13. The molecule has 6 heteroatoms. The van der Waals surface area contributed by atoms with Crippen molar-refractivity contribution in [1.82, 2.24) is 9.21 Å². The summed E-state index contributed by atoms with van der Waals surface area (Å²) in [5.41, 5.74) is 0.947. The third kappa shape index (κ3) is 3.17. The van der Waals surface area contributed by atoms with Gasteiger partial charge in [-0.2, -0.15) is 4.31 Å². The molecule has 5 rings (SSSR count). The third-order valence-electron chi connectivity index (χ3n) is 7.50. The number of hydrogen-bond donors (Lipinski definition) is 0. The van der Waals surface area contributed by atoms with Crippen molar-refractivity contribution in [2.24, 2.45) is 17.8 Å². The second-order valence-electron chi connectivity index (χ2n) is 9.44. The molecule has 154 valence electrons. The third-order valence-corrected chi connectivity index (χ3v) is 9.36. The van der Waals surface area contributed by atoms with Gasteiger partial charge in [0, 0.05) is 31.7 Å². The fourth-order valence-corrected chi connectivity index (χ4v) is 7.92. The molecule has 1 aliphatic carbocycles. The zero-order chi connectivity index (χ0) is 19.5. The van der Waals surface area contributed by atoms with Crippen LogP contribution in [0.2, 0.25) is 0 Å². The molecule has 4 atom stereocenters. The minimum Gasteiger partial charge on any atom is -0.495 e. The second-order valence-corrected chi connectivity index (χ2v) is 11.3. The predicted octanol–water partition coefficient (Wildman–Crippen LogP) is 3.28. The van der Waals surface area contributed by atoms with Crippen molar-refractivity contribution < 1.29 is 13.2 Å². The number of sulfonamides is 1. The van der Waals surface area contributed by atoms with Gasteiger partial charge in [-0.3, -0.25) is 4.90 Å². The fourth-order valence-electron chi connectivity index (χ4n) is 6.11. The number of hydrogen-bond acceptors (Lipinski definition) is 4. The molecular formula is C22H32N2O3S. The molecule has 4 fully saturated rings. The molecule has 3 heterocycles. The van der Waals surface area contributed by atoms with E-state index in [1.165, 1.54) is 38.5 Å². The standard InChI is InChI=1S/C22H32N2O3S/c1-15-6-9-21(27-2)22(10-15)28(25,26)23-12-16-11-18(14-23)20-5-3-4-19(17-7-8-17)24(20)13-16/h6,9-10,16-20H,3-5,7-8,11-14H2,1-2H3/t16-,18+,19+,20-/m0/s1. The van der Waals surface area contributed by atoms with E-state index in [9.17, 15) is 8.42 Å². The predicted molar refractivity (Wildman–Crippen MR) is 109 cm³/mol. The van der Waals surface area contributed by atoms with Crippen molar-refractivity contribution in [2.75, 3.05) is 26.7 Å². The highest BCUT2D eigenvalue weighted by atomic mass is 32.2. The number of ether oxygens (including phenoxy) is 1. The van der Waals surface area contributed by atoms with E-state index in [1.807, 2.05) is 13.0 Å². The minimum atomic E-state index is -3.53. The monoisotopic (exact) mass is 404 g/mol. The van der Waals surface area contributed by atoms with Gasteiger partial charge in [0.25, 0.3) is 0 Å².